The van der Waals surface area contributed by atoms with Gasteiger partial charge in [0.15, 0.2) is 17.7 Å². The molecular formula is C12H18N5O13P3. The van der Waals surface area contributed by atoms with E-state index in [1.807, 2.05) is 0 Å². The number of rotatable bonds is 9. The van der Waals surface area contributed by atoms with Gasteiger partial charge in [0.1, 0.15) is 23.7 Å². The standard InChI is InChI=1S/C12H18N5O13P3/c1-12(19)6(2-18)7(3-27-32(23,24)30-33(25,26)29-31(20,21)22)28-11(12)17-5-16-8-9(13)14-4-15-10(8)17/h2,4-7,11,19H,3H2,1H3,(H,23,24)(H,25,26)(H2,13,14,15)(H2,20,21,22). The van der Waals surface area contributed by atoms with E-state index in [0.717, 1.165) is 6.33 Å². The number of hydrogen-bond donors (Lipinski definition) is 6. The van der Waals surface area contributed by atoms with E-state index in [-0.39, 0.29) is 17.0 Å². The predicted octanol–water partition coefficient (Wildman–Crippen LogP) is -0.785. The Morgan fingerprint density at radius 3 is 2.45 bits per heavy atom. The Labute approximate surface area is 183 Å². The van der Waals surface area contributed by atoms with Gasteiger partial charge >= 0.3 is 23.5 Å². The molecule has 1 aliphatic heterocycles. The van der Waals surface area contributed by atoms with E-state index in [0.29, 0.717) is 6.29 Å². The third kappa shape index (κ3) is 5.71. The highest BCUT2D eigenvalue weighted by Crippen LogP contribution is 2.66. The second-order valence-electron chi connectivity index (χ2n) is 6.88. The molecule has 33 heavy (non-hydrogen) atoms. The number of ether oxygens (including phenoxy) is 1. The molecule has 1 saturated heterocycles. The lowest BCUT2D eigenvalue weighted by atomic mass is 9.87. The minimum atomic E-state index is -5.73. The van der Waals surface area contributed by atoms with Crippen LogP contribution < -0.4 is 5.73 Å². The van der Waals surface area contributed by atoms with Crippen molar-refractivity contribution in [1.82, 2.24) is 19.5 Å². The molecule has 21 heteroatoms. The Balaban J connectivity index is 1.79. The van der Waals surface area contributed by atoms with Crippen molar-refractivity contribution < 1.29 is 61.1 Å². The van der Waals surface area contributed by atoms with Gasteiger partial charge in [-0.3, -0.25) is 9.09 Å². The summed E-state index contributed by atoms with van der Waals surface area (Å²) in [7, 11) is -16.8. The maximum absolute atomic E-state index is 11.9. The summed E-state index contributed by atoms with van der Waals surface area (Å²) in [5.41, 5.74) is 4.11. The first kappa shape index (κ1) is 26.0. The monoisotopic (exact) mass is 533 g/mol. The molecule has 0 aromatic carbocycles. The predicted molar refractivity (Wildman–Crippen MR) is 104 cm³/mol. The number of imidazole rings is 1. The first-order valence-corrected chi connectivity index (χ1v) is 13.1. The Bertz CT molecular complexity index is 1200. The molecule has 1 aliphatic rings. The maximum Gasteiger partial charge on any atom is 0.490 e. The summed E-state index contributed by atoms with van der Waals surface area (Å²) in [6.45, 7) is 0.293. The quantitative estimate of drug-likeness (QED) is 0.170. The molecule has 6 atom stereocenters. The van der Waals surface area contributed by atoms with Crippen LogP contribution in [0, 0.1) is 5.92 Å². The maximum atomic E-state index is 11.9. The van der Waals surface area contributed by atoms with Crippen molar-refractivity contribution in [1.29, 1.82) is 0 Å². The fourth-order valence-corrected chi connectivity index (χ4v) is 6.19. The van der Waals surface area contributed by atoms with E-state index in [1.54, 1.807) is 0 Å². The molecule has 2 aromatic heterocycles. The molecule has 0 radical (unpaired) electrons. The number of hydrogen-bond acceptors (Lipinski definition) is 13. The number of phosphoric acid groups is 3. The van der Waals surface area contributed by atoms with Crippen molar-refractivity contribution in [2.45, 2.75) is 24.9 Å². The second-order valence-corrected chi connectivity index (χ2v) is 11.3. The summed E-state index contributed by atoms with van der Waals surface area (Å²) in [6.07, 6.45) is -0.0797. The zero-order chi connectivity index (χ0) is 24.8. The fourth-order valence-electron chi connectivity index (χ4n) is 3.16. The van der Waals surface area contributed by atoms with Crippen molar-refractivity contribution >= 4 is 46.7 Å². The van der Waals surface area contributed by atoms with E-state index in [9.17, 15) is 33.4 Å². The van der Waals surface area contributed by atoms with Crippen LogP contribution in [-0.2, 0) is 36.4 Å². The van der Waals surface area contributed by atoms with Gasteiger partial charge in [-0.1, -0.05) is 0 Å². The van der Waals surface area contributed by atoms with Crippen molar-refractivity contribution in [3.05, 3.63) is 12.7 Å². The van der Waals surface area contributed by atoms with E-state index < -0.39 is 53.9 Å². The first-order chi connectivity index (χ1) is 15.1. The molecule has 0 aliphatic carbocycles. The summed E-state index contributed by atoms with van der Waals surface area (Å²) in [5.74, 6) is -1.32. The molecule has 184 valence electrons. The lowest BCUT2D eigenvalue weighted by molar-refractivity contribution is -0.119. The number of carbonyl (C=O) groups is 1. The number of aliphatic hydroxyl groups is 1. The number of nitrogens with two attached hydrogens (primary N) is 1. The lowest BCUT2D eigenvalue weighted by Crippen LogP contribution is -2.41. The molecule has 7 N–H and O–H groups in total. The Kier molecular flexibility index (Phi) is 6.96. The molecule has 2 aromatic rings. The molecule has 1 fully saturated rings. The molecule has 3 rings (SSSR count). The van der Waals surface area contributed by atoms with Crippen LogP contribution in [-0.4, -0.2) is 68.8 Å². The van der Waals surface area contributed by atoms with Gasteiger partial charge in [0.25, 0.3) is 0 Å². The Morgan fingerprint density at radius 1 is 1.18 bits per heavy atom. The number of aldehydes is 1. The van der Waals surface area contributed by atoms with Gasteiger partial charge in [-0.25, -0.2) is 28.6 Å². The molecule has 6 unspecified atom stereocenters. The topological polar surface area (TPSA) is 276 Å². The van der Waals surface area contributed by atoms with Crippen LogP contribution in [0.4, 0.5) is 5.82 Å². The van der Waals surface area contributed by atoms with E-state index >= 15 is 0 Å². The highest BCUT2D eigenvalue weighted by Gasteiger charge is 2.55. The highest BCUT2D eigenvalue weighted by molar-refractivity contribution is 7.66. The third-order valence-corrected chi connectivity index (χ3v) is 8.29. The van der Waals surface area contributed by atoms with Gasteiger partial charge < -0.3 is 39.9 Å². The summed E-state index contributed by atoms with van der Waals surface area (Å²) in [4.78, 5) is 59.3. The average molecular weight is 533 g/mol. The number of nitrogen functional groups attached to an aromatic ring is 1. The number of aromatic nitrogens is 4. The number of carbonyl (C=O) groups excluding carboxylic acids is 1. The van der Waals surface area contributed by atoms with Gasteiger partial charge in [0.2, 0.25) is 0 Å². The van der Waals surface area contributed by atoms with Crippen molar-refractivity contribution in [3.63, 3.8) is 0 Å². The SMILES string of the molecule is CC1(O)C(C=O)C(COP(=O)(O)OP(=O)(O)OP(=O)(O)O)OC1n1cnc2c(N)ncnc21. The van der Waals surface area contributed by atoms with Gasteiger partial charge in [0, 0.05) is 0 Å². The van der Waals surface area contributed by atoms with Crippen LogP contribution in [0.5, 0.6) is 0 Å². The fraction of sp³-hybridized carbons (Fsp3) is 0.500. The van der Waals surface area contributed by atoms with E-state index in [2.05, 4.69) is 28.1 Å². The molecule has 0 amide bonds. The Morgan fingerprint density at radius 2 is 1.85 bits per heavy atom. The minimum absolute atomic E-state index is 0.0348. The van der Waals surface area contributed by atoms with Crippen molar-refractivity contribution in [3.8, 4) is 0 Å². The molecule has 0 saturated carbocycles. The van der Waals surface area contributed by atoms with E-state index in [4.69, 9.17) is 20.3 Å². The van der Waals surface area contributed by atoms with Gasteiger partial charge in [-0.15, -0.1) is 0 Å². The molecular weight excluding hydrogens is 515 g/mol. The minimum Gasteiger partial charge on any atom is -0.385 e. The summed E-state index contributed by atoms with van der Waals surface area (Å²) >= 11 is 0. The molecule has 0 spiro atoms. The molecule has 18 nitrogen and oxygen atoms in total. The smallest absolute Gasteiger partial charge is 0.385 e. The second kappa shape index (κ2) is 8.85. The largest absolute Gasteiger partial charge is 0.490 e. The average Bonchev–Trinajstić information content (AvgIpc) is 3.15. The van der Waals surface area contributed by atoms with Gasteiger partial charge in [0.05, 0.1) is 25.0 Å². The zero-order valence-corrected chi connectivity index (χ0v) is 19.1. The lowest BCUT2D eigenvalue weighted by Gasteiger charge is -2.27. The Hall–Kier alpha value is -1.65. The van der Waals surface area contributed by atoms with Crippen LogP contribution >= 0.6 is 23.5 Å². The van der Waals surface area contributed by atoms with Gasteiger partial charge in [-0.2, -0.15) is 8.62 Å². The normalized spacial score (nSPS) is 29.6. The summed E-state index contributed by atoms with van der Waals surface area (Å²) in [5, 5.41) is 10.9. The molecule has 3 heterocycles. The van der Waals surface area contributed by atoms with Crippen molar-refractivity contribution in [2.24, 2.45) is 5.92 Å². The van der Waals surface area contributed by atoms with Crippen molar-refractivity contribution in [2.75, 3.05) is 12.3 Å². The van der Waals surface area contributed by atoms with Gasteiger partial charge in [-0.05, 0) is 6.92 Å². The zero-order valence-electron chi connectivity index (χ0n) is 16.4. The summed E-state index contributed by atoms with van der Waals surface area (Å²) in [6, 6.07) is 0. The first-order valence-electron chi connectivity index (χ1n) is 8.61. The number of fused-ring (bicyclic) bond motifs is 1. The van der Waals surface area contributed by atoms with Crippen LogP contribution in [0.2, 0.25) is 0 Å². The van der Waals surface area contributed by atoms with Crippen LogP contribution in [0.15, 0.2) is 12.7 Å². The number of phosphoric ester groups is 1. The highest BCUT2D eigenvalue weighted by atomic mass is 31.3. The number of anilines is 1. The summed E-state index contributed by atoms with van der Waals surface area (Å²) < 4.78 is 52.6. The van der Waals surface area contributed by atoms with Crippen LogP contribution in [0.3, 0.4) is 0 Å². The van der Waals surface area contributed by atoms with Crippen LogP contribution in [0.1, 0.15) is 13.2 Å². The molecule has 0 bridgehead atoms. The third-order valence-electron chi connectivity index (χ3n) is 4.48. The van der Waals surface area contributed by atoms with Crippen LogP contribution in [0.25, 0.3) is 11.2 Å². The number of nitrogens with zero attached hydrogens (tertiary/aromatic N) is 4. The van der Waals surface area contributed by atoms with E-state index in [1.165, 1.54) is 17.8 Å².